The van der Waals surface area contributed by atoms with Gasteiger partial charge in [-0.15, -0.1) is 0 Å². The molecule has 22 heavy (non-hydrogen) atoms. The summed E-state index contributed by atoms with van der Waals surface area (Å²) in [5, 5.41) is 0. The lowest BCUT2D eigenvalue weighted by Crippen LogP contribution is -2.04. The predicted octanol–water partition coefficient (Wildman–Crippen LogP) is 1.99. The highest BCUT2D eigenvalue weighted by Gasteiger charge is 2.29. The average Bonchev–Trinajstić information content (AvgIpc) is 3.28. The molecule has 0 spiro atoms. The van der Waals surface area contributed by atoms with Crippen molar-refractivity contribution < 1.29 is 13.6 Å². The molecule has 1 heterocycles. The molecular formula is C15H14F2N4O. The molecular weight excluding hydrogens is 290 g/mol. The number of benzene rings is 1. The molecule has 0 unspecified atom stereocenters. The van der Waals surface area contributed by atoms with Crippen LogP contribution in [0.2, 0.25) is 0 Å². The summed E-state index contributed by atoms with van der Waals surface area (Å²) in [7, 11) is 0. The molecule has 114 valence electrons. The topological polar surface area (TPSA) is 86.9 Å². The molecule has 0 amide bonds. The van der Waals surface area contributed by atoms with E-state index in [9.17, 15) is 13.6 Å². The Morgan fingerprint density at radius 2 is 2.00 bits per heavy atom. The van der Waals surface area contributed by atoms with Crippen LogP contribution in [0.1, 0.15) is 24.7 Å². The van der Waals surface area contributed by atoms with E-state index in [1.165, 1.54) is 12.3 Å². The van der Waals surface area contributed by atoms with Crippen LogP contribution in [0.5, 0.6) is 0 Å². The summed E-state index contributed by atoms with van der Waals surface area (Å²) in [6.07, 6.45) is 4.99. The van der Waals surface area contributed by atoms with Gasteiger partial charge in [-0.1, -0.05) is 0 Å². The van der Waals surface area contributed by atoms with Gasteiger partial charge in [0.1, 0.15) is 5.82 Å². The Balaban J connectivity index is 2.24. The molecule has 0 aliphatic heterocycles. The van der Waals surface area contributed by atoms with E-state index in [1.807, 2.05) is 4.57 Å². The van der Waals surface area contributed by atoms with Crippen LogP contribution in [-0.2, 0) is 4.79 Å². The molecule has 1 aliphatic rings. The zero-order chi connectivity index (χ0) is 15.9. The maximum Gasteiger partial charge on any atom is 0.165 e. The number of aldehydes is 1. The van der Waals surface area contributed by atoms with Crippen molar-refractivity contribution in [3.63, 3.8) is 0 Å². The Kier molecular flexibility index (Phi) is 3.40. The molecule has 5 nitrogen and oxygen atoms in total. The lowest BCUT2D eigenvalue weighted by molar-refractivity contribution is -0.104. The molecule has 7 heteroatoms. The first-order valence-corrected chi connectivity index (χ1v) is 6.76. The highest BCUT2D eigenvalue weighted by molar-refractivity contribution is 5.85. The smallest absolute Gasteiger partial charge is 0.165 e. The highest BCUT2D eigenvalue weighted by atomic mass is 19.2. The molecule has 0 radical (unpaired) electrons. The normalized spacial score (nSPS) is 16.3. The molecule has 1 aliphatic carbocycles. The first kappa shape index (κ1) is 14.2. The summed E-state index contributed by atoms with van der Waals surface area (Å²) >= 11 is 0. The number of carbonyl (C=O) groups excluding carboxylic acids is 1. The zero-order valence-corrected chi connectivity index (χ0v) is 11.6. The number of imidazole rings is 1. The second-order valence-electron chi connectivity index (χ2n) is 5.18. The summed E-state index contributed by atoms with van der Waals surface area (Å²) in [4.78, 5) is 15.0. The van der Waals surface area contributed by atoms with Gasteiger partial charge < -0.3 is 16.0 Å². The fraction of sp³-hybridized carbons (Fsp3) is 0.200. The first-order valence-electron chi connectivity index (χ1n) is 6.76. The van der Waals surface area contributed by atoms with Gasteiger partial charge in [0, 0.05) is 29.9 Å². The van der Waals surface area contributed by atoms with Crippen LogP contribution in [0.25, 0.3) is 16.6 Å². The Labute approximate surface area is 124 Å². The van der Waals surface area contributed by atoms with Crippen molar-refractivity contribution in [1.82, 2.24) is 9.55 Å². The van der Waals surface area contributed by atoms with Crippen LogP contribution < -0.4 is 11.5 Å². The van der Waals surface area contributed by atoms with Crippen molar-refractivity contribution in [3.05, 3.63) is 47.6 Å². The van der Waals surface area contributed by atoms with Crippen molar-refractivity contribution in [2.45, 2.75) is 18.9 Å². The molecule has 2 aromatic rings. The minimum absolute atomic E-state index is 0.0107. The van der Waals surface area contributed by atoms with Gasteiger partial charge in [0.15, 0.2) is 17.9 Å². The van der Waals surface area contributed by atoms with Crippen LogP contribution in [0.4, 0.5) is 8.78 Å². The lowest BCUT2D eigenvalue weighted by atomic mass is 10.2. The number of halogens is 2. The van der Waals surface area contributed by atoms with Gasteiger partial charge >= 0.3 is 0 Å². The average molecular weight is 304 g/mol. The fourth-order valence-electron chi connectivity index (χ4n) is 2.40. The van der Waals surface area contributed by atoms with Crippen molar-refractivity contribution in [2.75, 3.05) is 0 Å². The van der Waals surface area contributed by atoms with Gasteiger partial charge in [0.2, 0.25) is 0 Å². The Hall–Kier alpha value is -2.70. The molecule has 1 fully saturated rings. The van der Waals surface area contributed by atoms with Crippen LogP contribution in [-0.4, -0.2) is 15.8 Å². The predicted molar refractivity (Wildman–Crippen MR) is 78.4 cm³/mol. The number of nitrogens with zero attached hydrogens (tertiary/aromatic N) is 2. The van der Waals surface area contributed by atoms with Gasteiger partial charge in [-0.3, -0.25) is 4.79 Å². The maximum absolute atomic E-state index is 13.5. The Bertz CT molecular complexity index is 819. The van der Waals surface area contributed by atoms with Crippen LogP contribution in [0.15, 0.2) is 30.1 Å². The molecule has 1 aromatic carbocycles. The quantitative estimate of drug-likeness (QED) is 0.514. The number of carbonyl (C=O) groups is 1. The number of nitrogens with two attached hydrogens (primary N) is 2. The van der Waals surface area contributed by atoms with Gasteiger partial charge in [-0.2, -0.15) is 0 Å². The molecule has 1 saturated carbocycles. The summed E-state index contributed by atoms with van der Waals surface area (Å²) in [5.74, 6) is -1.45. The Morgan fingerprint density at radius 3 is 2.59 bits per heavy atom. The molecule has 4 N–H and O–H groups in total. The molecule has 1 aromatic heterocycles. The third kappa shape index (κ3) is 2.34. The lowest BCUT2D eigenvalue weighted by Gasteiger charge is -2.08. The van der Waals surface area contributed by atoms with Crippen molar-refractivity contribution in [1.29, 1.82) is 0 Å². The number of hydrogen-bond donors (Lipinski definition) is 2. The first-order chi connectivity index (χ1) is 10.5. The summed E-state index contributed by atoms with van der Waals surface area (Å²) < 4.78 is 28.8. The van der Waals surface area contributed by atoms with Gasteiger partial charge in [0.25, 0.3) is 0 Å². The standard InChI is InChI=1S/C15H14F2N4O/c16-11-4-13-14(5-12(11)17)21(10-1-2-10)15(20-13)8(6-18)3-9(19)7-22/h3-7,10H,1-2,18-19H2/b8-6+,9-3-. The largest absolute Gasteiger partial charge is 0.404 e. The Morgan fingerprint density at radius 1 is 1.32 bits per heavy atom. The van der Waals surface area contributed by atoms with Gasteiger partial charge in [-0.25, -0.2) is 13.8 Å². The van der Waals surface area contributed by atoms with E-state index in [-0.39, 0.29) is 11.7 Å². The SMILES string of the molecule is N/C=C(\C=C(/N)C=O)c1nc2cc(F)c(F)cc2n1C1CC1. The maximum atomic E-state index is 13.5. The van der Waals surface area contributed by atoms with Crippen molar-refractivity contribution >= 4 is 22.9 Å². The monoisotopic (exact) mass is 304 g/mol. The molecule has 0 bridgehead atoms. The molecule has 0 atom stereocenters. The second kappa shape index (κ2) is 5.25. The molecule has 0 saturated heterocycles. The third-order valence-electron chi connectivity index (χ3n) is 3.54. The highest BCUT2D eigenvalue weighted by Crippen LogP contribution is 2.40. The molecule has 3 rings (SSSR count). The van der Waals surface area contributed by atoms with E-state index in [2.05, 4.69) is 4.98 Å². The minimum atomic E-state index is -0.958. The zero-order valence-electron chi connectivity index (χ0n) is 11.6. The summed E-state index contributed by atoms with van der Waals surface area (Å²) in [6, 6.07) is 2.33. The van der Waals surface area contributed by atoms with Crippen molar-refractivity contribution in [3.8, 4) is 0 Å². The van der Waals surface area contributed by atoms with Crippen LogP contribution in [0, 0.1) is 11.6 Å². The van der Waals surface area contributed by atoms with E-state index >= 15 is 0 Å². The van der Waals surface area contributed by atoms with Crippen LogP contribution >= 0.6 is 0 Å². The van der Waals surface area contributed by atoms with Crippen molar-refractivity contribution in [2.24, 2.45) is 11.5 Å². The second-order valence-corrected chi connectivity index (χ2v) is 5.18. The van der Waals surface area contributed by atoms with Crippen LogP contribution in [0.3, 0.4) is 0 Å². The van der Waals surface area contributed by atoms with E-state index in [1.54, 1.807) is 0 Å². The van der Waals surface area contributed by atoms with Gasteiger partial charge in [-0.05, 0) is 18.9 Å². The van der Waals surface area contributed by atoms with E-state index in [0.717, 1.165) is 25.0 Å². The summed E-state index contributed by atoms with van der Waals surface area (Å²) in [5.41, 5.74) is 12.3. The number of aromatic nitrogens is 2. The number of hydrogen-bond acceptors (Lipinski definition) is 4. The van der Waals surface area contributed by atoms with E-state index in [4.69, 9.17) is 11.5 Å². The minimum Gasteiger partial charge on any atom is -0.404 e. The fourth-order valence-corrected chi connectivity index (χ4v) is 2.40. The van der Waals surface area contributed by atoms with E-state index in [0.29, 0.717) is 28.7 Å². The number of rotatable bonds is 4. The number of allylic oxidation sites excluding steroid dienone is 3. The van der Waals surface area contributed by atoms with E-state index < -0.39 is 11.6 Å². The van der Waals surface area contributed by atoms with Gasteiger partial charge in [0.05, 0.1) is 16.7 Å². The third-order valence-corrected chi connectivity index (χ3v) is 3.54. The number of fused-ring (bicyclic) bond motifs is 1. The summed E-state index contributed by atoms with van der Waals surface area (Å²) in [6.45, 7) is 0.